The van der Waals surface area contributed by atoms with Crippen LogP contribution in [0.15, 0.2) is 43.0 Å². The minimum Gasteiger partial charge on any atom is -0.342 e. The lowest BCUT2D eigenvalue weighted by Gasteiger charge is -2.40. The van der Waals surface area contributed by atoms with Crippen LogP contribution in [0.25, 0.3) is 28.5 Å². The molecule has 0 N–H and O–H groups in total. The molecule has 0 saturated carbocycles. The fourth-order valence-electron chi connectivity index (χ4n) is 4.34. The highest BCUT2D eigenvalue weighted by atomic mass is 19.1. The number of hydrogen-bond donors (Lipinski definition) is 0. The molecule has 162 valence electrons. The number of hydrogen-bond acceptors (Lipinski definition) is 7. The first-order valence-corrected chi connectivity index (χ1v) is 10.6. The quantitative estimate of drug-likeness (QED) is 0.477. The summed E-state index contributed by atoms with van der Waals surface area (Å²) in [5.74, 6) is 1.88. The number of nitrogens with zero attached hydrogens (tertiary/aromatic N) is 8. The molecule has 0 radical (unpaired) electrons. The van der Waals surface area contributed by atoms with Crippen LogP contribution in [0, 0.1) is 12.7 Å². The van der Waals surface area contributed by atoms with Crippen LogP contribution in [0.1, 0.15) is 44.8 Å². The van der Waals surface area contributed by atoms with Crippen LogP contribution in [-0.2, 0) is 0 Å². The van der Waals surface area contributed by atoms with Gasteiger partial charge in [0.05, 0.1) is 17.4 Å². The van der Waals surface area contributed by atoms with Gasteiger partial charge in [0.25, 0.3) is 0 Å². The third-order valence-corrected chi connectivity index (χ3v) is 5.70. The van der Waals surface area contributed by atoms with Crippen LogP contribution in [-0.4, -0.2) is 40.7 Å². The zero-order valence-corrected chi connectivity index (χ0v) is 18.4. The fraction of sp³-hybridized carbons (Fsp3) is 0.304. The summed E-state index contributed by atoms with van der Waals surface area (Å²) in [7, 11) is 0. The molecule has 0 saturated heterocycles. The van der Waals surface area contributed by atoms with E-state index in [1.165, 1.54) is 12.1 Å². The summed E-state index contributed by atoms with van der Waals surface area (Å²) in [5, 5.41) is 8.54. The molecule has 4 aromatic rings. The largest absolute Gasteiger partial charge is 0.342 e. The fourth-order valence-corrected chi connectivity index (χ4v) is 4.34. The molecule has 1 aliphatic rings. The Morgan fingerprint density at radius 3 is 2.44 bits per heavy atom. The Hall–Kier alpha value is -3.75. The number of benzene rings is 1. The highest BCUT2D eigenvalue weighted by Gasteiger charge is 2.36. The first-order valence-electron chi connectivity index (χ1n) is 10.6. The molecule has 0 fully saturated rings. The average molecular weight is 430 g/mol. The smallest absolute Gasteiger partial charge is 0.182 e. The van der Waals surface area contributed by atoms with E-state index < -0.39 is 0 Å². The second kappa shape index (κ2) is 7.74. The first-order chi connectivity index (χ1) is 15.5. The Kier molecular flexibility index (Phi) is 4.88. The lowest BCUT2D eigenvalue weighted by molar-refractivity contribution is 0.497. The summed E-state index contributed by atoms with van der Waals surface area (Å²) in [4.78, 5) is 21.1. The summed E-state index contributed by atoms with van der Waals surface area (Å²) in [6.07, 6.45) is 5.81. The van der Waals surface area contributed by atoms with E-state index in [-0.39, 0.29) is 17.9 Å². The van der Waals surface area contributed by atoms with Crippen molar-refractivity contribution in [3.8, 4) is 28.5 Å². The Balaban J connectivity index is 1.73. The van der Waals surface area contributed by atoms with Crippen molar-refractivity contribution in [3.63, 3.8) is 0 Å². The second-order valence-corrected chi connectivity index (χ2v) is 8.05. The minimum atomic E-state index is -0.303. The molecule has 5 rings (SSSR count). The van der Waals surface area contributed by atoms with Gasteiger partial charge >= 0.3 is 0 Å². The predicted octanol–water partition coefficient (Wildman–Crippen LogP) is 4.31. The van der Waals surface area contributed by atoms with Gasteiger partial charge in [-0.2, -0.15) is 0 Å². The molecule has 32 heavy (non-hydrogen) atoms. The Morgan fingerprint density at radius 1 is 1.03 bits per heavy atom. The molecular formula is C23H23FN8. The van der Waals surface area contributed by atoms with Gasteiger partial charge in [-0.1, -0.05) is 6.92 Å². The van der Waals surface area contributed by atoms with Crippen LogP contribution in [0.3, 0.4) is 0 Å². The van der Waals surface area contributed by atoms with Crippen LogP contribution in [0.5, 0.6) is 0 Å². The molecule has 0 spiro atoms. The molecule has 1 aliphatic heterocycles. The third-order valence-electron chi connectivity index (χ3n) is 5.70. The van der Waals surface area contributed by atoms with Gasteiger partial charge in [0.15, 0.2) is 17.5 Å². The van der Waals surface area contributed by atoms with E-state index in [9.17, 15) is 4.39 Å². The van der Waals surface area contributed by atoms with Crippen molar-refractivity contribution in [2.75, 3.05) is 4.90 Å². The van der Waals surface area contributed by atoms with Crippen molar-refractivity contribution in [3.05, 3.63) is 60.3 Å². The van der Waals surface area contributed by atoms with Crippen LogP contribution in [0.2, 0.25) is 0 Å². The molecule has 0 unspecified atom stereocenters. The van der Waals surface area contributed by atoms with Crippen LogP contribution in [0.4, 0.5) is 10.2 Å². The standard InChI is InChI=1S/C23H23FN8/c1-5-17-22-30-27-12-31(22)20-14(4)28-21(29-23(20)32(17)13(2)3)19-18(25-10-11-26-19)15-6-8-16(24)9-7-15/h6-13,17H,5H2,1-4H3/t17-/m1/s1. The van der Waals surface area contributed by atoms with Gasteiger partial charge in [-0.05, 0) is 51.5 Å². The summed E-state index contributed by atoms with van der Waals surface area (Å²) < 4.78 is 15.5. The number of aromatic nitrogens is 7. The van der Waals surface area contributed by atoms with Crippen LogP contribution < -0.4 is 4.90 Å². The zero-order chi connectivity index (χ0) is 22.4. The predicted molar refractivity (Wildman–Crippen MR) is 119 cm³/mol. The maximum Gasteiger partial charge on any atom is 0.182 e. The molecule has 1 aromatic carbocycles. The van der Waals surface area contributed by atoms with E-state index in [1.54, 1.807) is 30.9 Å². The van der Waals surface area contributed by atoms with Gasteiger partial charge in [-0.25, -0.2) is 19.3 Å². The topological polar surface area (TPSA) is 85.5 Å². The van der Waals surface area contributed by atoms with E-state index in [0.29, 0.717) is 17.2 Å². The first kappa shape index (κ1) is 20.2. The van der Waals surface area contributed by atoms with Crippen molar-refractivity contribution < 1.29 is 4.39 Å². The molecule has 9 heteroatoms. The van der Waals surface area contributed by atoms with E-state index in [1.807, 2.05) is 11.5 Å². The van der Waals surface area contributed by atoms with E-state index in [4.69, 9.17) is 9.97 Å². The second-order valence-electron chi connectivity index (χ2n) is 8.05. The Bertz CT molecular complexity index is 1280. The van der Waals surface area contributed by atoms with Gasteiger partial charge in [0.2, 0.25) is 0 Å². The van der Waals surface area contributed by atoms with Gasteiger partial charge < -0.3 is 4.90 Å². The molecule has 3 aromatic heterocycles. The van der Waals surface area contributed by atoms with E-state index >= 15 is 0 Å². The molecule has 1 atom stereocenters. The van der Waals surface area contributed by atoms with E-state index in [0.717, 1.165) is 35.0 Å². The molecular weight excluding hydrogens is 407 g/mol. The number of anilines is 1. The van der Waals surface area contributed by atoms with Crippen LogP contribution >= 0.6 is 0 Å². The number of rotatable bonds is 4. The summed E-state index contributed by atoms with van der Waals surface area (Å²) in [6.45, 7) is 8.37. The third kappa shape index (κ3) is 3.12. The van der Waals surface area contributed by atoms with Gasteiger partial charge in [-0.3, -0.25) is 9.55 Å². The number of aryl methyl sites for hydroxylation is 1. The highest BCUT2D eigenvalue weighted by molar-refractivity contribution is 5.76. The lowest BCUT2D eigenvalue weighted by atomic mass is 10.1. The maximum atomic E-state index is 13.5. The molecule has 8 nitrogen and oxygen atoms in total. The summed E-state index contributed by atoms with van der Waals surface area (Å²) >= 11 is 0. The van der Waals surface area contributed by atoms with Crippen molar-refractivity contribution in [2.24, 2.45) is 0 Å². The number of halogens is 1. The van der Waals surface area contributed by atoms with Crippen molar-refractivity contribution in [1.29, 1.82) is 0 Å². The van der Waals surface area contributed by atoms with E-state index in [2.05, 4.69) is 45.8 Å². The Morgan fingerprint density at radius 2 is 1.75 bits per heavy atom. The molecule has 0 aliphatic carbocycles. The SMILES string of the molecule is CC[C@@H]1c2nncn2-c2c(C)nc(-c3nccnc3-c3ccc(F)cc3)nc2N1C(C)C. The molecule has 0 bridgehead atoms. The summed E-state index contributed by atoms with van der Waals surface area (Å²) in [5.41, 5.74) is 3.58. The average Bonchev–Trinajstić information content (AvgIpc) is 3.27. The van der Waals surface area contributed by atoms with Gasteiger partial charge in [0, 0.05) is 24.0 Å². The molecule has 0 amide bonds. The van der Waals surface area contributed by atoms with Crippen molar-refractivity contribution >= 4 is 5.82 Å². The lowest BCUT2D eigenvalue weighted by Crippen LogP contribution is -2.40. The zero-order valence-electron chi connectivity index (χ0n) is 18.4. The normalized spacial score (nSPS) is 15.1. The maximum absolute atomic E-state index is 13.5. The Labute approximate surface area is 185 Å². The highest BCUT2D eigenvalue weighted by Crippen LogP contribution is 2.41. The number of fused-ring (bicyclic) bond motifs is 3. The van der Waals surface area contributed by atoms with Crippen molar-refractivity contribution in [2.45, 2.75) is 46.2 Å². The van der Waals surface area contributed by atoms with Gasteiger partial charge in [0.1, 0.15) is 23.5 Å². The molecule has 4 heterocycles. The minimum absolute atomic E-state index is 0.0468. The van der Waals surface area contributed by atoms with Crippen molar-refractivity contribution in [1.82, 2.24) is 34.7 Å². The summed E-state index contributed by atoms with van der Waals surface area (Å²) in [6, 6.07) is 6.42. The van der Waals surface area contributed by atoms with Gasteiger partial charge in [-0.15, -0.1) is 10.2 Å². The monoisotopic (exact) mass is 430 g/mol.